The first-order valence-electron chi connectivity index (χ1n) is 8.87. The molecule has 146 valence electrons. The minimum atomic E-state index is -0.643. The Morgan fingerprint density at radius 3 is 2.64 bits per heavy atom. The van der Waals surface area contributed by atoms with Gasteiger partial charge in [0.1, 0.15) is 11.6 Å². The van der Waals surface area contributed by atoms with Gasteiger partial charge in [-0.2, -0.15) is 4.98 Å². The highest BCUT2D eigenvalue weighted by Crippen LogP contribution is 2.36. The summed E-state index contributed by atoms with van der Waals surface area (Å²) in [7, 11) is 1.60. The van der Waals surface area contributed by atoms with Gasteiger partial charge in [0.25, 0.3) is 5.91 Å². The number of primary amides is 1. The third-order valence-electron chi connectivity index (χ3n) is 5.15. The lowest BCUT2D eigenvalue weighted by Gasteiger charge is -2.35. The van der Waals surface area contributed by atoms with Gasteiger partial charge in [0.15, 0.2) is 5.65 Å². The molecule has 1 aromatic carbocycles. The molecule has 0 bridgehead atoms. The zero-order valence-electron chi connectivity index (χ0n) is 15.9. The van der Waals surface area contributed by atoms with Crippen molar-refractivity contribution in [2.45, 2.75) is 20.0 Å². The highest BCUT2D eigenvalue weighted by Gasteiger charge is 2.29. The summed E-state index contributed by atoms with van der Waals surface area (Å²) in [6, 6.07) is 3.80. The predicted molar refractivity (Wildman–Crippen MR) is 106 cm³/mol. The molecule has 0 atom stereocenters. The molecule has 0 aliphatic carbocycles. The number of methoxy groups -OCH3 is 1. The Kier molecular flexibility index (Phi) is 4.11. The van der Waals surface area contributed by atoms with E-state index in [0.717, 1.165) is 16.8 Å². The van der Waals surface area contributed by atoms with Crippen molar-refractivity contribution in [1.29, 1.82) is 0 Å². The van der Waals surface area contributed by atoms with Gasteiger partial charge in [0, 0.05) is 24.8 Å². The van der Waals surface area contributed by atoms with E-state index in [0.29, 0.717) is 35.8 Å². The monoisotopic (exact) mass is 382 g/mol. The molecular weight excluding hydrogens is 360 g/mol. The van der Waals surface area contributed by atoms with Crippen molar-refractivity contribution in [3.05, 3.63) is 35.0 Å². The van der Waals surface area contributed by atoms with E-state index in [2.05, 4.69) is 9.97 Å². The van der Waals surface area contributed by atoms with Crippen LogP contribution in [-0.4, -0.2) is 51.9 Å². The molecule has 9 nitrogen and oxygen atoms in total. The second-order valence-electron chi connectivity index (χ2n) is 6.98. The largest absolute Gasteiger partial charge is 0.496 e. The molecule has 1 saturated heterocycles. The Hall–Kier alpha value is -3.33. The number of aryl methyl sites for hydroxylation is 1. The van der Waals surface area contributed by atoms with Crippen LogP contribution in [0.4, 0.5) is 11.8 Å². The van der Waals surface area contributed by atoms with Crippen LogP contribution in [0.5, 0.6) is 5.75 Å². The minimum Gasteiger partial charge on any atom is -0.496 e. The van der Waals surface area contributed by atoms with Crippen LogP contribution in [0.3, 0.4) is 0 Å². The average Bonchev–Trinajstić information content (AvgIpc) is 2.91. The number of benzene rings is 1. The van der Waals surface area contributed by atoms with E-state index in [-0.39, 0.29) is 17.5 Å². The predicted octanol–water partition coefficient (Wildman–Crippen LogP) is 0.908. The molecule has 28 heavy (non-hydrogen) atoms. The normalized spacial score (nSPS) is 14.4. The third kappa shape index (κ3) is 2.55. The van der Waals surface area contributed by atoms with Gasteiger partial charge in [-0.15, -0.1) is 0 Å². The molecule has 0 saturated carbocycles. The number of carbonyl (C=O) groups is 1. The lowest BCUT2D eigenvalue weighted by Crippen LogP contribution is -2.51. The zero-order valence-corrected chi connectivity index (χ0v) is 15.9. The molecule has 0 radical (unpaired) electrons. The van der Waals surface area contributed by atoms with Gasteiger partial charge in [0.05, 0.1) is 29.9 Å². The Morgan fingerprint density at radius 1 is 1.32 bits per heavy atom. The number of aromatic nitrogens is 3. The fourth-order valence-corrected chi connectivity index (χ4v) is 3.71. The molecule has 0 unspecified atom stereocenters. The Bertz CT molecular complexity index is 1100. The number of β-amino-alcohol motifs (C(OH)–C–C–N with tert-alkyl or cyclic N) is 1. The highest BCUT2D eigenvalue weighted by atomic mass is 16.5. The van der Waals surface area contributed by atoms with E-state index in [1.807, 2.05) is 30.9 Å². The molecule has 1 amide bonds. The topological polar surface area (TPSA) is 133 Å². The first-order valence-corrected chi connectivity index (χ1v) is 8.87. The van der Waals surface area contributed by atoms with Crippen LogP contribution in [0, 0.1) is 13.8 Å². The smallest absolute Gasteiger partial charge is 0.253 e. The number of fused-ring (bicyclic) bond motifs is 1. The molecule has 4 rings (SSSR count). The first-order chi connectivity index (χ1) is 13.3. The maximum absolute atomic E-state index is 12.1. The zero-order chi connectivity index (χ0) is 20.2. The van der Waals surface area contributed by atoms with Crippen molar-refractivity contribution in [3.63, 3.8) is 0 Å². The van der Waals surface area contributed by atoms with Crippen LogP contribution in [0.15, 0.2) is 18.3 Å². The number of hydrogen-bond donors (Lipinski definition) is 3. The van der Waals surface area contributed by atoms with Gasteiger partial charge < -0.3 is 26.2 Å². The molecule has 2 aromatic heterocycles. The summed E-state index contributed by atoms with van der Waals surface area (Å²) in [6.07, 6.45) is 1.17. The van der Waals surface area contributed by atoms with E-state index in [9.17, 15) is 9.90 Å². The molecule has 3 heterocycles. The lowest BCUT2D eigenvalue weighted by atomic mass is 10.1. The van der Waals surface area contributed by atoms with Crippen molar-refractivity contribution in [1.82, 2.24) is 14.5 Å². The number of hydrogen-bond acceptors (Lipinski definition) is 7. The number of nitrogen functional groups attached to an aromatic ring is 1. The molecule has 5 N–H and O–H groups in total. The molecule has 0 spiro atoms. The van der Waals surface area contributed by atoms with Gasteiger partial charge in [-0.1, -0.05) is 6.07 Å². The molecule has 1 aliphatic heterocycles. The van der Waals surface area contributed by atoms with E-state index in [1.165, 1.54) is 0 Å². The van der Waals surface area contributed by atoms with Crippen LogP contribution < -0.4 is 21.1 Å². The number of ether oxygens (including phenoxy) is 1. The quantitative estimate of drug-likeness (QED) is 0.611. The number of nitrogens with two attached hydrogens (primary N) is 2. The van der Waals surface area contributed by atoms with Crippen LogP contribution in [0.25, 0.3) is 16.7 Å². The van der Waals surface area contributed by atoms with Crippen LogP contribution >= 0.6 is 0 Å². The van der Waals surface area contributed by atoms with Crippen molar-refractivity contribution >= 4 is 28.7 Å². The van der Waals surface area contributed by atoms with E-state index in [1.54, 1.807) is 17.9 Å². The summed E-state index contributed by atoms with van der Waals surface area (Å²) >= 11 is 0. The van der Waals surface area contributed by atoms with E-state index >= 15 is 0 Å². The van der Waals surface area contributed by atoms with E-state index < -0.39 is 5.91 Å². The van der Waals surface area contributed by atoms with Crippen molar-refractivity contribution < 1.29 is 14.6 Å². The molecule has 3 aromatic rings. The van der Waals surface area contributed by atoms with Crippen molar-refractivity contribution in [3.8, 4) is 11.4 Å². The number of aliphatic hydroxyl groups excluding tert-OH is 1. The summed E-state index contributed by atoms with van der Waals surface area (Å²) in [5.74, 6) is 0.723. The SMILES string of the molecule is COc1ccc(C)c(-n2c(N)c(C(N)=O)c3cnc(N4CC(O)C4)nc32)c1C. The van der Waals surface area contributed by atoms with Crippen molar-refractivity contribution in [2.24, 2.45) is 5.73 Å². The first kappa shape index (κ1) is 18.1. The fraction of sp³-hybridized carbons (Fsp3) is 0.316. The number of carbonyl (C=O) groups excluding carboxylic acids is 1. The number of rotatable bonds is 4. The molecule has 1 aliphatic rings. The second kappa shape index (κ2) is 6.38. The van der Waals surface area contributed by atoms with Gasteiger partial charge >= 0.3 is 0 Å². The maximum Gasteiger partial charge on any atom is 0.253 e. The lowest BCUT2D eigenvalue weighted by molar-refractivity contribution is 0.100. The maximum atomic E-state index is 12.1. The van der Waals surface area contributed by atoms with Gasteiger partial charge in [0.2, 0.25) is 5.95 Å². The molecule has 9 heteroatoms. The number of anilines is 2. The summed E-state index contributed by atoms with van der Waals surface area (Å²) in [5.41, 5.74) is 15.2. The highest BCUT2D eigenvalue weighted by molar-refractivity contribution is 6.11. The Morgan fingerprint density at radius 2 is 2.04 bits per heavy atom. The Balaban J connectivity index is 2.04. The van der Waals surface area contributed by atoms with E-state index in [4.69, 9.17) is 16.2 Å². The molecule has 1 fully saturated rings. The molecular formula is C19H22N6O3. The summed E-state index contributed by atoms with van der Waals surface area (Å²) < 4.78 is 7.18. The van der Waals surface area contributed by atoms with Crippen LogP contribution in [-0.2, 0) is 0 Å². The fourth-order valence-electron chi connectivity index (χ4n) is 3.71. The number of amides is 1. The van der Waals surface area contributed by atoms with Gasteiger partial charge in [-0.25, -0.2) is 4.98 Å². The summed E-state index contributed by atoms with van der Waals surface area (Å²) in [5, 5.41) is 10.1. The standard InChI is InChI=1S/C19H22N6O3/c1-9-4-5-13(28-3)10(2)15(9)25-16(20)14(17(21)27)12-6-22-19(23-18(12)25)24-7-11(26)8-24/h4-6,11,26H,7-8,20H2,1-3H3,(H2,21,27). The second-order valence-corrected chi connectivity index (χ2v) is 6.98. The minimum absolute atomic E-state index is 0.187. The number of nitrogens with zero attached hydrogens (tertiary/aromatic N) is 4. The van der Waals surface area contributed by atoms with Crippen molar-refractivity contribution in [2.75, 3.05) is 30.8 Å². The Labute approximate surface area is 161 Å². The van der Waals surface area contributed by atoms with Gasteiger partial charge in [-0.3, -0.25) is 9.36 Å². The number of aliphatic hydroxyl groups is 1. The van der Waals surface area contributed by atoms with Gasteiger partial charge in [-0.05, 0) is 25.5 Å². The van der Waals surface area contributed by atoms with Crippen LogP contribution in [0.1, 0.15) is 21.5 Å². The third-order valence-corrected chi connectivity index (χ3v) is 5.15. The summed E-state index contributed by atoms with van der Waals surface area (Å²) in [6.45, 7) is 4.79. The summed E-state index contributed by atoms with van der Waals surface area (Å²) in [4.78, 5) is 22.9. The average molecular weight is 382 g/mol. The van der Waals surface area contributed by atoms with Crippen LogP contribution in [0.2, 0.25) is 0 Å².